The largest absolute Gasteiger partial charge is 0.394 e. The van der Waals surface area contributed by atoms with Gasteiger partial charge in [0.25, 0.3) is 0 Å². The summed E-state index contributed by atoms with van der Waals surface area (Å²) in [6, 6.07) is -1.16. The van der Waals surface area contributed by atoms with Gasteiger partial charge in [0.15, 0.2) is 6.29 Å². The topological polar surface area (TPSA) is 189 Å². The van der Waals surface area contributed by atoms with Crippen LogP contribution in [0.1, 0.15) is 239 Å². The zero-order valence-electron chi connectivity index (χ0n) is 38.7. The van der Waals surface area contributed by atoms with Crippen LogP contribution in [0.5, 0.6) is 0 Å². The zero-order chi connectivity index (χ0) is 44.1. The second-order valence-electron chi connectivity index (χ2n) is 18.3. The molecule has 9 atom stereocenters. The Hall–Kier alpha value is -0.890. The number of rotatable bonds is 43. The lowest BCUT2D eigenvalue weighted by Gasteiger charge is -2.40. The highest BCUT2D eigenvalue weighted by molar-refractivity contribution is 5.80. The highest BCUT2D eigenvalue weighted by Crippen LogP contribution is 2.23. The maximum absolute atomic E-state index is 13.1. The average Bonchev–Trinajstić information content (AvgIpc) is 3.25. The SMILES string of the molecule is CCCCCCCCCCCCCCCCCCCCCCCCCCC(O)C(=O)NC(COC1OC(CO)C(O)C(O)C1O)C(O)C(O)CCCCCCCCCCC. The molecule has 11 heteroatoms. The molecule has 1 aliphatic heterocycles. The molecule has 0 aromatic carbocycles. The number of amides is 1. The van der Waals surface area contributed by atoms with E-state index in [1.165, 1.54) is 161 Å². The van der Waals surface area contributed by atoms with Crippen LogP contribution in [0.25, 0.3) is 0 Å². The van der Waals surface area contributed by atoms with Crippen molar-refractivity contribution in [1.29, 1.82) is 0 Å². The van der Waals surface area contributed by atoms with Crippen molar-refractivity contribution in [2.75, 3.05) is 13.2 Å². The fraction of sp³-hybridized carbons (Fsp3) is 0.980. The summed E-state index contributed by atoms with van der Waals surface area (Å²) in [6.45, 7) is 3.43. The van der Waals surface area contributed by atoms with Gasteiger partial charge in [-0.1, -0.05) is 226 Å². The molecule has 60 heavy (non-hydrogen) atoms. The third-order valence-electron chi connectivity index (χ3n) is 12.7. The number of aliphatic hydroxyl groups excluding tert-OH is 7. The van der Waals surface area contributed by atoms with Crippen LogP contribution in [-0.4, -0.2) is 110 Å². The molecule has 9 unspecified atom stereocenters. The van der Waals surface area contributed by atoms with E-state index in [2.05, 4.69) is 19.2 Å². The maximum atomic E-state index is 13.1. The Balaban J connectivity index is 2.27. The minimum atomic E-state index is -1.66. The Kier molecular flexibility index (Phi) is 37.8. The van der Waals surface area contributed by atoms with E-state index in [-0.39, 0.29) is 6.42 Å². The van der Waals surface area contributed by atoms with Gasteiger partial charge < -0.3 is 50.5 Å². The van der Waals surface area contributed by atoms with E-state index >= 15 is 0 Å². The maximum Gasteiger partial charge on any atom is 0.249 e. The second kappa shape index (κ2) is 39.7. The number of ether oxygens (including phenoxy) is 2. The van der Waals surface area contributed by atoms with Gasteiger partial charge in [0.1, 0.15) is 36.6 Å². The second-order valence-corrected chi connectivity index (χ2v) is 18.3. The highest BCUT2D eigenvalue weighted by Gasteiger charge is 2.44. The first-order chi connectivity index (χ1) is 29.2. The Morgan fingerprint density at radius 2 is 0.867 bits per heavy atom. The van der Waals surface area contributed by atoms with Crippen molar-refractivity contribution in [1.82, 2.24) is 5.32 Å². The fourth-order valence-corrected chi connectivity index (χ4v) is 8.44. The van der Waals surface area contributed by atoms with Crippen molar-refractivity contribution < 1.29 is 50.0 Å². The zero-order valence-corrected chi connectivity index (χ0v) is 38.7. The quantitative estimate of drug-likeness (QED) is 0.0275. The minimum Gasteiger partial charge on any atom is -0.394 e. The molecular weight excluding hydrogens is 763 g/mol. The third kappa shape index (κ3) is 28.7. The molecule has 8 N–H and O–H groups in total. The van der Waals surface area contributed by atoms with Crippen molar-refractivity contribution in [2.24, 2.45) is 0 Å². The molecule has 0 aliphatic carbocycles. The lowest BCUT2D eigenvalue weighted by Crippen LogP contribution is -2.60. The normalized spacial score (nSPS) is 21.5. The van der Waals surface area contributed by atoms with Gasteiger partial charge in [-0.2, -0.15) is 0 Å². The molecule has 1 rings (SSSR count). The number of nitrogens with one attached hydrogen (secondary N) is 1. The van der Waals surface area contributed by atoms with Gasteiger partial charge in [0.05, 0.1) is 25.4 Å². The molecule has 1 heterocycles. The van der Waals surface area contributed by atoms with Crippen LogP contribution in [0, 0.1) is 0 Å². The summed E-state index contributed by atoms with van der Waals surface area (Å²) in [6.07, 6.45) is 30.4. The highest BCUT2D eigenvalue weighted by atomic mass is 16.7. The lowest BCUT2D eigenvalue weighted by atomic mass is 9.98. The first-order valence-corrected chi connectivity index (χ1v) is 25.4. The fourth-order valence-electron chi connectivity index (χ4n) is 8.44. The molecule has 0 spiro atoms. The molecule has 0 radical (unpaired) electrons. The van der Waals surface area contributed by atoms with E-state index in [0.29, 0.717) is 19.3 Å². The molecule has 0 aromatic heterocycles. The number of aliphatic hydroxyl groups is 7. The Morgan fingerprint density at radius 3 is 1.23 bits per heavy atom. The molecule has 1 amide bonds. The van der Waals surface area contributed by atoms with E-state index in [0.717, 1.165) is 38.5 Å². The van der Waals surface area contributed by atoms with Crippen LogP contribution < -0.4 is 5.32 Å². The van der Waals surface area contributed by atoms with Crippen molar-refractivity contribution in [3.05, 3.63) is 0 Å². The molecule has 0 bridgehead atoms. The number of carbonyl (C=O) groups excluding carboxylic acids is 1. The molecular formula is C49H97NO10. The van der Waals surface area contributed by atoms with E-state index in [9.17, 15) is 40.5 Å². The molecule has 1 fully saturated rings. The van der Waals surface area contributed by atoms with Gasteiger partial charge >= 0.3 is 0 Å². The van der Waals surface area contributed by atoms with Crippen LogP contribution >= 0.6 is 0 Å². The van der Waals surface area contributed by atoms with Crippen molar-refractivity contribution >= 4 is 5.91 Å². The van der Waals surface area contributed by atoms with E-state index in [1.54, 1.807) is 0 Å². The summed E-state index contributed by atoms with van der Waals surface area (Å²) in [5.74, 6) is -0.694. The standard InChI is InChI=1S/C49H97NO10/c1-3-5-7-9-11-13-14-15-16-17-18-19-20-21-22-23-24-25-26-27-29-31-33-35-37-42(53)48(58)50-40(39-59-49-47(57)46(56)45(55)43(38-51)60-49)44(54)41(52)36-34-32-30-28-12-10-8-6-4-2/h40-47,49,51-57H,3-39H2,1-2H3,(H,50,58). The third-order valence-corrected chi connectivity index (χ3v) is 12.7. The molecule has 11 nitrogen and oxygen atoms in total. The van der Waals surface area contributed by atoms with Crippen molar-refractivity contribution in [3.63, 3.8) is 0 Å². The molecule has 1 aliphatic rings. The van der Waals surface area contributed by atoms with Gasteiger partial charge in [0, 0.05) is 0 Å². The van der Waals surface area contributed by atoms with Gasteiger partial charge in [-0.25, -0.2) is 0 Å². The first kappa shape index (κ1) is 57.1. The monoisotopic (exact) mass is 860 g/mol. The van der Waals surface area contributed by atoms with E-state index in [1.807, 2.05) is 0 Å². The number of unbranched alkanes of at least 4 members (excludes halogenated alkanes) is 31. The predicted molar refractivity (Wildman–Crippen MR) is 243 cm³/mol. The summed E-state index contributed by atoms with van der Waals surface area (Å²) in [5.41, 5.74) is 0. The summed E-state index contributed by atoms with van der Waals surface area (Å²) < 4.78 is 11.1. The Labute approximate surface area is 367 Å². The molecule has 0 aromatic rings. The predicted octanol–water partition coefficient (Wildman–Crippen LogP) is 9.06. The summed E-state index contributed by atoms with van der Waals surface area (Å²) in [7, 11) is 0. The van der Waals surface area contributed by atoms with Gasteiger partial charge in [0.2, 0.25) is 5.91 Å². The molecule has 0 saturated carbocycles. The number of carbonyl (C=O) groups is 1. The summed E-state index contributed by atoms with van der Waals surface area (Å²) in [4.78, 5) is 13.1. The van der Waals surface area contributed by atoms with E-state index < -0.39 is 74.2 Å². The summed E-state index contributed by atoms with van der Waals surface area (Å²) >= 11 is 0. The number of hydrogen-bond donors (Lipinski definition) is 8. The molecule has 1 saturated heterocycles. The van der Waals surface area contributed by atoms with Crippen molar-refractivity contribution in [2.45, 2.75) is 294 Å². The van der Waals surface area contributed by atoms with Crippen LogP contribution in [0.15, 0.2) is 0 Å². The van der Waals surface area contributed by atoms with Crippen molar-refractivity contribution in [3.8, 4) is 0 Å². The van der Waals surface area contributed by atoms with Gasteiger partial charge in [-0.05, 0) is 12.8 Å². The first-order valence-electron chi connectivity index (χ1n) is 25.4. The molecule has 358 valence electrons. The van der Waals surface area contributed by atoms with Crippen LogP contribution in [0.3, 0.4) is 0 Å². The van der Waals surface area contributed by atoms with Crippen LogP contribution in [0.2, 0.25) is 0 Å². The average molecular weight is 860 g/mol. The smallest absolute Gasteiger partial charge is 0.249 e. The van der Waals surface area contributed by atoms with Crippen LogP contribution in [0.4, 0.5) is 0 Å². The van der Waals surface area contributed by atoms with Gasteiger partial charge in [-0.3, -0.25) is 4.79 Å². The number of hydrogen-bond acceptors (Lipinski definition) is 10. The minimum absolute atomic E-state index is 0.266. The van der Waals surface area contributed by atoms with Gasteiger partial charge in [-0.15, -0.1) is 0 Å². The van der Waals surface area contributed by atoms with E-state index in [4.69, 9.17) is 9.47 Å². The Bertz CT molecular complexity index is 944. The summed E-state index contributed by atoms with van der Waals surface area (Å²) in [5, 5.41) is 75.6. The Morgan fingerprint density at radius 1 is 0.517 bits per heavy atom. The van der Waals surface area contributed by atoms with Crippen LogP contribution in [-0.2, 0) is 14.3 Å². The lowest BCUT2D eigenvalue weighted by molar-refractivity contribution is -0.303.